The number of imidazole rings is 1. The highest BCUT2D eigenvalue weighted by atomic mass is 32.2. The van der Waals surface area contributed by atoms with Gasteiger partial charge in [0.2, 0.25) is 21.9 Å². The van der Waals surface area contributed by atoms with Crippen molar-refractivity contribution >= 4 is 27.0 Å². The molecule has 3 fully saturated rings. The van der Waals surface area contributed by atoms with Gasteiger partial charge in [-0.2, -0.15) is 4.31 Å². The molecule has 1 aromatic heterocycles. The van der Waals surface area contributed by atoms with Crippen molar-refractivity contribution in [1.82, 2.24) is 19.2 Å². The third kappa shape index (κ3) is 4.96. The molecular weight excluding hydrogens is 474 g/mol. The summed E-state index contributed by atoms with van der Waals surface area (Å²) in [6.07, 6.45) is 2.59. The SMILES string of the molecule is CC(C)(C)c1nc2cc(S(=O)(=O)N3CC(NC(=O)C4CC4)C3)ccc2n1CC1CCC(F)(F)CC1. The highest BCUT2D eigenvalue weighted by Crippen LogP contribution is 2.38. The standard InChI is InChI=1S/C25H34F2N4O3S/c1-24(2,3)23-29-20-12-19(35(33,34)30-14-18(15-30)28-22(32)17-4-5-17)6-7-21(20)31(23)13-16-8-10-25(26,27)11-9-16/h6-7,12,16-18H,4-5,8-11,13-15H2,1-3H3,(H,28,32). The van der Waals surface area contributed by atoms with Crippen LogP contribution in [0.3, 0.4) is 0 Å². The van der Waals surface area contributed by atoms with Crippen LogP contribution in [0.4, 0.5) is 8.78 Å². The molecule has 5 rings (SSSR count). The van der Waals surface area contributed by atoms with Crippen molar-refractivity contribution in [2.24, 2.45) is 11.8 Å². The molecule has 0 atom stereocenters. The Morgan fingerprint density at radius 3 is 2.40 bits per heavy atom. The molecule has 1 aromatic carbocycles. The number of nitrogens with zero attached hydrogens (tertiary/aromatic N) is 3. The number of hydrogen-bond donors (Lipinski definition) is 1. The Balaban J connectivity index is 1.36. The summed E-state index contributed by atoms with van der Waals surface area (Å²) in [5, 5.41) is 2.93. The van der Waals surface area contributed by atoms with Gasteiger partial charge in [-0.15, -0.1) is 0 Å². The first kappa shape index (κ1) is 24.6. The average molecular weight is 509 g/mol. The maximum Gasteiger partial charge on any atom is 0.248 e. The Bertz CT molecular complexity index is 1230. The summed E-state index contributed by atoms with van der Waals surface area (Å²) in [7, 11) is -3.70. The van der Waals surface area contributed by atoms with Gasteiger partial charge in [0.05, 0.1) is 22.0 Å². The van der Waals surface area contributed by atoms with Gasteiger partial charge in [0.15, 0.2) is 0 Å². The molecule has 2 aromatic rings. The predicted molar refractivity (Wildman–Crippen MR) is 129 cm³/mol. The lowest BCUT2D eigenvalue weighted by molar-refractivity contribution is -0.123. The number of rotatable bonds is 6. The third-order valence-corrected chi connectivity index (χ3v) is 9.28. The minimum atomic E-state index is -3.70. The van der Waals surface area contributed by atoms with E-state index < -0.39 is 15.9 Å². The van der Waals surface area contributed by atoms with Gasteiger partial charge in [-0.05, 0) is 49.8 Å². The first-order valence-electron chi connectivity index (χ1n) is 12.5. The Kier molecular flexibility index (Phi) is 5.98. The lowest BCUT2D eigenvalue weighted by atomic mass is 9.86. The zero-order chi connectivity index (χ0) is 25.2. The van der Waals surface area contributed by atoms with E-state index in [-0.39, 0.29) is 60.0 Å². The fraction of sp³-hybridized carbons (Fsp3) is 0.680. The monoisotopic (exact) mass is 508 g/mol. The molecule has 1 saturated heterocycles. The molecule has 1 amide bonds. The Morgan fingerprint density at radius 1 is 1.14 bits per heavy atom. The van der Waals surface area contributed by atoms with Gasteiger partial charge in [-0.25, -0.2) is 22.2 Å². The van der Waals surface area contributed by atoms with Crippen LogP contribution in [0.5, 0.6) is 0 Å². The van der Waals surface area contributed by atoms with E-state index in [1.807, 2.05) is 20.8 Å². The molecule has 7 nitrogen and oxygen atoms in total. The molecule has 0 bridgehead atoms. The summed E-state index contributed by atoms with van der Waals surface area (Å²) in [6.45, 7) is 7.29. The number of sulfonamides is 1. The summed E-state index contributed by atoms with van der Waals surface area (Å²) in [5.41, 5.74) is 1.13. The first-order chi connectivity index (χ1) is 16.3. The third-order valence-electron chi connectivity index (χ3n) is 7.45. The van der Waals surface area contributed by atoms with Crippen LogP contribution < -0.4 is 5.32 Å². The van der Waals surface area contributed by atoms with Gasteiger partial charge in [-0.1, -0.05) is 20.8 Å². The number of benzene rings is 1. The summed E-state index contributed by atoms with van der Waals surface area (Å²) in [5.74, 6) is -1.48. The lowest BCUT2D eigenvalue weighted by Crippen LogP contribution is -2.61. The molecule has 3 aliphatic rings. The van der Waals surface area contributed by atoms with Gasteiger partial charge >= 0.3 is 0 Å². The van der Waals surface area contributed by atoms with Crippen LogP contribution in [-0.2, 0) is 26.8 Å². The Labute approximate surface area is 205 Å². The van der Waals surface area contributed by atoms with E-state index in [1.54, 1.807) is 18.2 Å². The van der Waals surface area contributed by atoms with Crippen molar-refractivity contribution in [2.45, 2.75) is 88.1 Å². The van der Waals surface area contributed by atoms with Gasteiger partial charge in [0.1, 0.15) is 5.82 Å². The maximum atomic E-state index is 13.7. The van der Waals surface area contributed by atoms with E-state index in [1.165, 1.54) is 4.31 Å². The molecule has 2 heterocycles. The lowest BCUT2D eigenvalue weighted by Gasteiger charge is -2.38. The molecule has 1 N–H and O–H groups in total. The van der Waals surface area contributed by atoms with Crippen LogP contribution in [0.2, 0.25) is 0 Å². The molecule has 0 unspecified atom stereocenters. The van der Waals surface area contributed by atoms with E-state index in [9.17, 15) is 22.0 Å². The number of fused-ring (bicyclic) bond motifs is 1. The Hall–Kier alpha value is -2.07. The summed E-state index contributed by atoms with van der Waals surface area (Å²) >= 11 is 0. The number of hydrogen-bond acceptors (Lipinski definition) is 4. The van der Waals surface area contributed by atoms with Crippen molar-refractivity contribution in [3.63, 3.8) is 0 Å². The molecule has 1 aliphatic heterocycles. The van der Waals surface area contributed by atoms with Gasteiger partial charge in [-0.3, -0.25) is 4.79 Å². The van der Waals surface area contributed by atoms with Gasteiger partial charge in [0.25, 0.3) is 0 Å². The van der Waals surface area contributed by atoms with Crippen molar-refractivity contribution in [3.8, 4) is 0 Å². The summed E-state index contributed by atoms with van der Waals surface area (Å²) < 4.78 is 57.2. The fourth-order valence-corrected chi connectivity index (χ4v) is 6.66. The first-order valence-corrected chi connectivity index (χ1v) is 14.0. The van der Waals surface area contributed by atoms with E-state index >= 15 is 0 Å². The molecule has 0 radical (unpaired) electrons. The second kappa shape index (κ2) is 8.50. The smallest absolute Gasteiger partial charge is 0.248 e. The maximum absolute atomic E-state index is 13.7. The molecule has 35 heavy (non-hydrogen) atoms. The van der Waals surface area contributed by atoms with Crippen molar-refractivity contribution in [3.05, 3.63) is 24.0 Å². The zero-order valence-corrected chi connectivity index (χ0v) is 21.4. The molecule has 2 aliphatic carbocycles. The minimum Gasteiger partial charge on any atom is -0.350 e. The van der Waals surface area contributed by atoms with Crippen LogP contribution in [0.1, 0.15) is 65.1 Å². The summed E-state index contributed by atoms with van der Waals surface area (Å²) in [4.78, 5) is 16.9. The van der Waals surface area contributed by atoms with Crippen molar-refractivity contribution in [1.29, 1.82) is 0 Å². The number of carbonyl (C=O) groups is 1. The van der Waals surface area contributed by atoms with Crippen molar-refractivity contribution < 1.29 is 22.0 Å². The molecule has 0 spiro atoms. The van der Waals surface area contributed by atoms with Crippen LogP contribution in [0.25, 0.3) is 11.0 Å². The number of nitrogens with one attached hydrogen (secondary N) is 1. The van der Waals surface area contributed by atoms with E-state index in [0.29, 0.717) is 24.9 Å². The zero-order valence-electron chi connectivity index (χ0n) is 20.6. The van der Waals surface area contributed by atoms with Crippen molar-refractivity contribution in [2.75, 3.05) is 13.1 Å². The van der Waals surface area contributed by atoms with Crippen LogP contribution in [0, 0.1) is 11.8 Å². The molecule has 192 valence electrons. The minimum absolute atomic E-state index is 0.0235. The number of alkyl halides is 2. The van der Waals surface area contributed by atoms with E-state index in [4.69, 9.17) is 4.98 Å². The van der Waals surface area contributed by atoms with Crippen LogP contribution >= 0.6 is 0 Å². The van der Waals surface area contributed by atoms with Crippen LogP contribution in [0.15, 0.2) is 23.1 Å². The number of carbonyl (C=O) groups excluding carboxylic acids is 1. The topological polar surface area (TPSA) is 84.3 Å². The van der Waals surface area contributed by atoms with E-state index in [2.05, 4.69) is 9.88 Å². The van der Waals surface area contributed by atoms with Gasteiger partial charge in [0, 0.05) is 43.8 Å². The normalized spacial score (nSPS) is 22.3. The summed E-state index contributed by atoms with van der Waals surface area (Å²) in [6, 6.07) is 4.86. The molecule has 2 saturated carbocycles. The Morgan fingerprint density at radius 2 is 1.80 bits per heavy atom. The van der Waals surface area contributed by atoms with Gasteiger partial charge < -0.3 is 9.88 Å². The number of amides is 1. The quantitative estimate of drug-likeness (QED) is 0.638. The molecular formula is C25H34F2N4O3S. The largest absolute Gasteiger partial charge is 0.350 e. The average Bonchev–Trinajstić information content (AvgIpc) is 3.53. The molecule has 10 heteroatoms. The fourth-order valence-electron chi connectivity index (χ4n) is 5.11. The second-order valence-corrected chi connectivity index (χ2v) is 13.5. The second-order valence-electron chi connectivity index (χ2n) is 11.5. The highest BCUT2D eigenvalue weighted by Gasteiger charge is 2.40. The number of aromatic nitrogens is 2. The highest BCUT2D eigenvalue weighted by molar-refractivity contribution is 7.89. The van der Waals surface area contributed by atoms with E-state index in [0.717, 1.165) is 24.2 Å². The number of halogens is 2. The predicted octanol–water partition coefficient (Wildman–Crippen LogP) is 4.06. The van der Waals surface area contributed by atoms with Crippen LogP contribution in [-0.4, -0.2) is 53.2 Å².